The second-order valence-electron chi connectivity index (χ2n) is 15.9. The van der Waals surface area contributed by atoms with Crippen molar-refractivity contribution in [2.24, 2.45) is 16.7 Å². The number of nitrogens with one attached hydrogen (secondary N) is 3. The Balaban J connectivity index is 0.845. The van der Waals surface area contributed by atoms with E-state index in [0.717, 1.165) is 48.8 Å². The lowest BCUT2D eigenvalue weighted by atomic mass is 9.49. The van der Waals surface area contributed by atoms with Gasteiger partial charge in [0, 0.05) is 65.9 Å². The van der Waals surface area contributed by atoms with Gasteiger partial charge in [-0.05, 0) is 79.8 Å². The van der Waals surface area contributed by atoms with Crippen LogP contribution in [-0.2, 0) is 9.59 Å². The fraction of sp³-hybridized carbons (Fsp3) is 0.415. The van der Waals surface area contributed by atoms with Crippen molar-refractivity contribution in [2.45, 2.75) is 71.6 Å². The Hall–Kier alpha value is -5.41. The third kappa shape index (κ3) is 6.66. The van der Waals surface area contributed by atoms with Gasteiger partial charge in [0.25, 0.3) is 17.7 Å². The third-order valence-corrected chi connectivity index (χ3v) is 11.8. The van der Waals surface area contributed by atoms with E-state index in [0.29, 0.717) is 33.4 Å². The van der Waals surface area contributed by atoms with Crippen molar-refractivity contribution >= 4 is 52.5 Å². The quantitative estimate of drug-likeness (QED) is 0.169. The van der Waals surface area contributed by atoms with Gasteiger partial charge in [0.05, 0.1) is 21.7 Å². The van der Waals surface area contributed by atoms with E-state index < -0.39 is 29.7 Å². The van der Waals surface area contributed by atoms with Crippen molar-refractivity contribution in [3.05, 3.63) is 87.9 Å². The largest absolute Gasteiger partial charge is 0.489 e. The topological polar surface area (TPSA) is 161 Å². The van der Waals surface area contributed by atoms with Gasteiger partial charge in [0.15, 0.2) is 0 Å². The number of anilines is 2. The Morgan fingerprint density at radius 2 is 1.67 bits per heavy atom. The lowest BCUT2D eigenvalue weighted by Gasteiger charge is -2.63. The van der Waals surface area contributed by atoms with Crippen LogP contribution in [0.3, 0.4) is 0 Å². The zero-order valence-electron chi connectivity index (χ0n) is 30.7. The van der Waals surface area contributed by atoms with E-state index in [-0.39, 0.29) is 47.3 Å². The Morgan fingerprint density at radius 3 is 2.33 bits per heavy atom. The molecule has 2 saturated heterocycles. The highest BCUT2D eigenvalue weighted by molar-refractivity contribution is 6.31. The van der Waals surface area contributed by atoms with Gasteiger partial charge < -0.3 is 20.3 Å². The molecule has 4 aliphatic rings. The number of halogens is 1. The molecule has 5 amide bonds. The molecule has 0 spiro atoms. The van der Waals surface area contributed by atoms with Gasteiger partial charge in [-0.25, -0.2) is 0 Å². The van der Waals surface area contributed by atoms with Crippen molar-refractivity contribution in [3.8, 4) is 11.8 Å². The fourth-order valence-corrected chi connectivity index (χ4v) is 9.00. The maximum Gasteiger partial charge on any atom is 0.262 e. The number of ether oxygens (including phenoxy) is 1. The van der Waals surface area contributed by atoms with Crippen molar-refractivity contribution in [1.29, 1.82) is 5.26 Å². The molecule has 3 aromatic carbocycles. The van der Waals surface area contributed by atoms with Crippen molar-refractivity contribution in [1.82, 2.24) is 15.5 Å². The van der Waals surface area contributed by atoms with Crippen LogP contribution < -0.4 is 25.6 Å². The molecule has 3 heterocycles. The van der Waals surface area contributed by atoms with Gasteiger partial charge in [-0.1, -0.05) is 39.3 Å². The molecule has 7 rings (SSSR count). The lowest BCUT2D eigenvalue weighted by molar-refractivity contribution is -0.164. The second kappa shape index (κ2) is 14.1. The highest BCUT2D eigenvalue weighted by Gasteiger charge is 2.64. The highest BCUT2D eigenvalue weighted by atomic mass is 35.5. The predicted molar refractivity (Wildman–Crippen MR) is 202 cm³/mol. The summed E-state index contributed by atoms with van der Waals surface area (Å²) in [5.74, 6) is -1.08. The summed E-state index contributed by atoms with van der Waals surface area (Å²) in [6, 6.07) is 18.7. The van der Waals surface area contributed by atoms with Gasteiger partial charge in [-0.3, -0.25) is 34.2 Å². The van der Waals surface area contributed by atoms with Crippen molar-refractivity contribution < 1.29 is 28.7 Å². The van der Waals surface area contributed by atoms with Gasteiger partial charge in [0.1, 0.15) is 24.0 Å². The number of imide groups is 2. The van der Waals surface area contributed by atoms with E-state index >= 15 is 0 Å². The van der Waals surface area contributed by atoms with Crippen LogP contribution in [0.5, 0.6) is 5.75 Å². The Morgan fingerprint density at radius 1 is 0.963 bits per heavy atom. The van der Waals surface area contributed by atoms with E-state index in [1.54, 1.807) is 30.3 Å². The molecular weight excluding hydrogens is 708 g/mol. The molecule has 3 aliphatic heterocycles. The molecular formula is C41H43ClN6O6. The minimum atomic E-state index is -0.977. The molecule has 1 atom stereocenters. The van der Waals surface area contributed by atoms with Crippen LogP contribution in [0.2, 0.25) is 5.02 Å². The normalized spacial score (nSPS) is 22.8. The molecule has 13 heteroatoms. The number of rotatable bonds is 11. The van der Waals surface area contributed by atoms with Gasteiger partial charge in [-0.15, -0.1) is 0 Å². The van der Waals surface area contributed by atoms with E-state index in [1.165, 1.54) is 0 Å². The SMILES string of the molecule is CC1(C)C(NC(=O)c2ccc(NCCCC3CN(c4ccc5c(c4)C(=O)N(C4CCC(=O)NC4=O)C5=O)C3)cc2)C(C)(C)C1Oc1ccc(C#N)c(Cl)c1. The molecule has 0 radical (unpaired) electrons. The number of carbonyl (C=O) groups excluding carboxylic acids is 5. The van der Waals surface area contributed by atoms with E-state index in [9.17, 15) is 29.2 Å². The summed E-state index contributed by atoms with van der Waals surface area (Å²) in [6.07, 6.45) is 2.01. The maximum absolute atomic E-state index is 13.3. The summed E-state index contributed by atoms with van der Waals surface area (Å²) in [6.45, 7) is 10.8. The Labute approximate surface area is 319 Å². The summed E-state index contributed by atoms with van der Waals surface area (Å²) < 4.78 is 6.34. The first kappa shape index (κ1) is 36.9. The molecule has 0 bridgehead atoms. The van der Waals surface area contributed by atoms with Gasteiger partial charge in [0.2, 0.25) is 11.8 Å². The number of nitrogens with zero attached hydrogens (tertiary/aromatic N) is 3. The number of hydrogen-bond acceptors (Lipinski definition) is 9. The molecule has 0 aromatic heterocycles. The summed E-state index contributed by atoms with van der Waals surface area (Å²) in [4.78, 5) is 66.6. The molecule has 1 unspecified atom stereocenters. The number of nitriles is 1. The first-order valence-electron chi connectivity index (χ1n) is 18.3. The minimum absolute atomic E-state index is 0.0853. The van der Waals surface area contributed by atoms with Crippen LogP contribution >= 0.6 is 11.6 Å². The van der Waals surface area contributed by atoms with Crippen LogP contribution in [-0.4, -0.2) is 72.3 Å². The molecule has 3 fully saturated rings. The van der Waals surface area contributed by atoms with E-state index in [2.05, 4.69) is 54.6 Å². The van der Waals surface area contributed by atoms with E-state index in [4.69, 9.17) is 16.3 Å². The summed E-state index contributed by atoms with van der Waals surface area (Å²) in [7, 11) is 0. The Bertz CT molecular complexity index is 2070. The van der Waals surface area contributed by atoms with Crippen LogP contribution in [0.4, 0.5) is 11.4 Å². The van der Waals surface area contributed by atoms with E-state index in [1.807, 2.05) is 30.3 Å². The molecule has 1 saturated carbocycles. The first-order valence-corrected chi connectivity index (χ1v) is 18.7. The monoisotopic (exact) mass is 750 g/mol. The van der Waals surface area contributed by atoms with Gasteiger partial charge >= 0.3 is 0 Å². The number of benzene rings is 3. The smallest absolute Gasteiger partial charge is 0.262 e. The van der Waals surface area contributed by atoms with Crippen LogP contribution in [0.25, 0.3) is 0 Å². The van der Waals surface area contributed by atoms with Crippen molar-refractivity contribution in [2.75, 3.05) is 29.9 Å². The van der Waals surface area contributed by atoms with Gasteiger partial charge in [-0.2, -0.15) is 5.26 Å². The lowest BCUT2D eigenvalue weighted by Crippen LogP contribution is -2.74. The summed E-state index contributed by atoms with van der Waals surface area (Å²) in [5.41, 5.74) is 2.62. The van der Waals surface area contributed by atoms with Crippen LogP contribution in [0.15, 0.2) is 60.7 Å². The number of carbonyl (C=O) groups is 5. The van der Waals surface area contributed by atoms with Crippen molar-refractivity contribution in [3.63, 3.8) is 0 Å². The summed E-state index contributed by atoms with van der Waals surface area (Å²) >= 11 is 6.22. The molecule has 280 valence electrons. The number of hydrogen-bond donors (Lipinski definition) is 3. The van der Waals surface area contributed by atoms with Crippen LogP contribution in [0.1, 0.15) is 90.0 Å². The number of fused-ring (bicyclic) bond motifs is 1. The molecule has 1 aliphatic carbocycles. The Kier molecular flexibility index (Phi) is 9.64. The summed E-state index contributed by atoms with van der Waals surface area (Å²) in [5, 5.41) is 18.4. The molecule has 3 N–H and O–H groups in total. The first-order chi connectivity index (χ1) is 25.7. The second-order valence-corrected chi connectivity index (χ2v) is 16.3. The molecule has 12 nitrogen and oxygen atoms in total. The zero-order valence-corrected chi connectivity index (χ0v) is 31.5. The number of amides is 5. The minimum Gasteiger partial charge on any atom is -0.489 e. The zero-order chi connectivity index (χ0) is 38.5. The van der Waals surface area contributed by atoms with Crippen LogP contribution in [0, 0.1) is 28.1 Å². The highest BCUT2D eigenvalue weighted by Crippen LogP contribution is 2.55. The average Bonchev–Trinajstić information content (AvgIpc) is 3.36. The standard InChI is InChI=1S/C41H43ClN6O6/c1-40(2)38(41(3,4)39(40)54-28-13-9-25(20-43)31(42)19-28)46-34(50)24-7-10-26(11-8-24)44-17-5-6-23-21-47(22-23)27-12-14-29-30(18-27)37(53)48(36(29)52)32-15-16-33(49)45-35(32)51/h7-14,18-19,23,32,38-39,44H,5-6,15-17,21-22H2,1-4H3,(H,46,50)(H,45,49,51). The molecule has 54 heavy (non-hydrogen) atoms. The average molecular weight is 751 g/mol. The third-order valence-electron chi connectivity index (χ3n) is 11.4. The maximum atomic E-state index is 13.3. The number of piperidine rings is 1. The molecule has 3 aromatic rings. The predicted octanol–water partition coefficient (Wildman–Crippen LogP) is 5.55. The fourth-order valence-electron chi connectivity index (χ4n) is 8.79.